The smallest absolute Gasteiger partial charge is 0.265 e. The van der Waals surface area contributed by atoms with Crippen LogP contribution < -0.4 is 20.1 Å². The van der Waals surface area contributed by atoms with Gasteiger partial charge in [-0.25, -0.2) is 0 Å². The summed E-state index contributed by atoms with van der Waals surface area (Å²) in [4.78, 5) is 24.8. The van der Waals surface area contributed by atoms with Gasteiger partial charge in [-0.2, -0.15) is 0 Å². The van der Waals surface area contributed by atoms with Crippen molar-refractivity contribution in [1.82, 2.24) is 0 Å². The van der Waals surface area contributed by atoms with E-state index < -0.39 is 12.2 Å². The Morgan fingerprint density at radius 1 is 0.594 bits per heavy atom. The molecule has 0 aliphatic heterocycles. The van der Waals surface area contributed by atoms with Gasteiger partial charge >= 0.3 is 0 Å². The van der Waals surface area contributed by atoms with Gasteiger partial charge in [-0.3, -0.25) is 9.59 Å². The quantitative estimate of drug-likeness (QED) is 0.518. The number of anilines is 2. The van der Waals surface area contributed by atoms with Gasteiger partial charge in [0.1, 0.15) is 11.5 Å². The highest BCUT2D eigenvalue weighted by Gasteiger charge is 2.16. The summed E-state index contributed by atoms with van der Waals surface area (Å²) in [5, 5.41) is 5.62. The van der Waals surface area contributed by atoms with Crippen molar-refractivity contribution in [3.05, 3.63) is 83.9 Å². The van der Waals surface area contributed by atoms with Crippen molar-refractivity contribution in [1.29, 1.82) is 0 Å². The van der Waals surface area contributed by atoms with Crippen molar-refractivity contribution < 1.29 is 19.1 Å². The fraction of sp³-hybridized carbons (Fsp3) is 0.231. The number of carbonyl (C=O) groups excluding carboxylic acids is 2. The number of benzene rings is 3. The van der Waals surface area contributed by atoms with E-state index in [-0.39, 0.29) is 11.8 Å². The molecule has 0 unspecified atom stereocenters. The Morgan fingerprint density at radius 3 is 1.22 bits per heavy atom. The van der Waals surface area contributed by atoms with Crippen LogP contribution in [0.25, 0.3) is 0 Å². The van der Waals surface area contributed by atoms with E-state index in [2.05, 4.69) is 10.6 Å². The predicted octanol–water partition coefficient (Wildman–Crippen LogP) is 5.12. The number of carbonyl (C=O) groups is 2. The molecule has 166 valence electrons. The third-order valence-electron chi connectivity index (χ3n) is 4.83. The molecule has 0 saturated heterocycles. The molecule has 2 atom stereocenters. The summed E-state index contributed by atoms with van der Waals surface area (Å²) in [6.45, 7) is 7.37. The first-order valence-corrected chi connectivity index (χ1v) is 10.5. The number of nitrogens with one attached hydrogen (secondary N) is 2. The summed E-state index contributed by atoms with van der Waals surface area (Å²) in [5.41, 5.74) is 3.46. The van der Waals surface area contributed by atoms with Crippen LogP contribution >= 0.6 is 0 Å². The molecule has 0 aromatic heterocycles. The highest BCUT2D eigenvalue weighted by atomic mass is 16.5. The van der Waals surface area contributed by atoms with Gasteiger partial charge in [0.05, 0.1) is 0 Å². The van der Waals surface area contributed by atoms with E-state index in [1.165, 1.54) is 0 Å². The minimum atomic E-state index is -0.656. The van der Waals surface area contributed by atoms with Crippen LogP contribution in [-0.4, -0.2) is 24.0 Å². The van der Waals surface area contributed by atoms with Crippen LogP contribution in [-0.2, 0) is 9.59 Å². The zero-order valence-electron chi connectivity index (χ0n) is 18.7. The lowest BCUT2D eigenvalue weighted by Crippen LogP contribution is -2.30. The summed E-state index contributed by atoms with van der Waals surface area (Å²) in [6, 6.07) is 21.9. The maximum atomic E-state index is 12.4. The average molecular weight is 433 g/mol. The van der Waals surface area contributed by atoms with Crippen LogP contribution in [0.1, 0.15) is 25.0 Å². The second kappa shape index (κ2) is 10.5. The van der Waals surface area contributed by atoms with E-state index in [0.717, 1.165) is 11.1 Å². The molecule has 0 heterocycles. The molecule has 3 aromatic carbocycles. The van der Waals surface area contributed by atoms with Crippen LogP contribution in [0.2, 0.25) is 0 Å². The molecule has 0 radical (unpaired) electrons. The first kappa shape index (κ1) is 22.9. The highest BCUT2D eigenvalue weighted by molar-refractivity contribution is 5.96. The van der Waals surface area contributed by atoms with Gasteiger partial charge < -0.3 is 20.1 Å². The normalized spacial score (nSPS) is 12.4. The maximum absolute atomic E-state index is 12.4. The standard InChI is InChI=1S/C26H28N2O4/c1-17-5-13-23(14-6-17)31-19(3)25(29)27-21-9-11-22(12-10-21)28-26(30)20(4)32-24-15-7-18(2)8-16-24/h5-16,19-20H,1-4H3,(H,27,29)(H,28,30)/t19-,20+. The number of hydrogen-bond acceptors (Lipinski definition) is 4. The van der Waals surface area contributed by atoms with Gasteiger partial charge in [0.2, 0.25) is 0 Å². The summed E-state index contributed by atoms with van der Waals surface area (Å²) in [6.07, 6.45) is -1.31. The first-order chi connectivity index (χ1) is 15.3. The molecule has 0 bridgehead atoms. The largest absolute Gasteiger partial charge is 0.481 e. The van der Waals surface area contributed by atoms with E-state index in [4.69, 9.17) is 9.47 Å². The predicted molar refractivity (Wildman–Crippen MR) is 126 cm³/mol. The molecule has 2 N–H and O–H groups in total. The van der Waals surface area contributed by atoms with Gasteiger partial charge in [0, 0.05) is 11.4 Å². The molecule has 6 nitrogen and oxygen atoms in total. The SMILES string of the molecule is Cc1ccc(O[C@@H](C)C(=O)Nc2ccc(NC(=O)[C@@H](C)Oc3ccc(C)cc3)cc2)cc1. The molecular weight excluding hydrogens is 404 g/mol. The fourth-order valence-electron chi connectivity index (χ4n) is 2.87. The third kappa shape index (κ3) is 6.60. The molecule has 6 heteroatoms. The molecule has 0 aliphatic rings. The van der Waals surface area contributed by atoms with Crippen molar-refractivity contribution in [2.75, 3.05) is 10.6 Å². The summed E-state index contributed by atoms with van der Waals surface area (Å²) in [7, 11) is 0. The second-order valence-electron chi connectivity index (χ2n) is 7.70. The van der Waals surface area contributed by atoms with Gasteiger partial charge in [0.25, 0.3) is 11.8 Å². The lowest BCUT2D eigenvalue weighted by Gasteiger charge is -2.16. The second-order valence-corrected chi connectivity index (χ2v) is 7.70. The Balaban J connectivity index is 1.50. The van der Waals surface area contributed by atoms with Crippen LogP contribution in [0.3, 0.4) is 0 Å². The molecule has 0 saturated carbocycles. The molecule has 0 fully saturated rings. The maximum Gasteiger partial charge on any atom is 0.265 e. The van der Waals surface area contributed by atoms with Crippen molar-refractivity contribution in [2.24, 2.45) is 0 Å². The lowest BCUT2D eigenvalue weighted by molar-refractivity contribution is -0.122. The van der Waals surface area contributed by atoms with Crippen molar-refractivity contribution in [2.45, 2.75) is 39.9 Å². The van der Waals surface area contributed by atoms with Crippen molar-refractivity contribution in [3.8, 4) is 11.5 Å². The van der Waals surface area contributed by atoms with Crippen molar-refractivity contribution in [3.63, 3.8) is 0 Å². The Labute approximate surface area is 188 Å². The van der Waals surface area contributed by atoms with Crippen LogP contribution in [0.5, 0.6) is 11.5 Å². The molecule has 0 spiro atoms. The summed E-state index contributed by atoms with van der Waals surface area (Å²) in [5.74, 6) is 0.751. The van der Waals surface area contributed by atoms with Gasteiger partial charge in [0.15, 0.2) is 12.2 Å². The van der Waals surface area contributed by atoms with Crippen LogP contribution in [0.15, 0.2) is 72.8 Å². The zero-order valence-corrected chi connectivity index (χ0v) is 18.7. The topological polar surface area (TPSA) is 76.7 Å². The molecule has 3 rings (SSSR count). The first-order valence-electron chi connectivity index (χ1n) is 10.5. The fourth-order valence-corrected chi connectivity index (χ4v) is 2.87. The Kier molecular flexibility index (Phi) is 7.49. The van der Waals surface area contributed by atoms with Gasteiger partial charge in [-0.1, -0.05) is 35.4 Å². The number of amides is 2. The minimum absolute atomic E-state index is 0.262. The summed E-state index contributed by atoms with van der Waals surface area (Å²) >= 11 is 0. The van der Waals surface area contributed by atoms with E-state index in [9.17, 15) is 9.59 Å². The van der Waals surface area contributed by atoms with Gasteiger partial charge in [-0.05, 0) is 76.2 Å². The molecule has 32 heavy (non-hydrogen) atoms. The molecule has 0 aliphatic carbocycles. The number of rotatable bonds is 8. The van der Waals surface area contributed by atoms with E-state index in [1.807, 2.05) is 62.4 Å². The van der Waals surface area contributed by atoms with E-state index in [1.54, 1.807) is 38.1 Å². The molecule has 3 aromatic rings. The molecule has 2 amide bonds. The number of aryl methyl sites for hydroxylation is 2. The van der Waals surface area contributed by atoms with Crippen molar-refractivity contribution >= 4 is 23.2 Å². The van der Waals surface area contributed by atoms with Crippen LogP contribution in [0, 0.1) is 13.8 Å². The molecular formula is C26H28N2O4. The number of hydrogen-bond donors (Lipinski definition) is 2. The Morgan fingerprint density at radius 2 is 0.906 bits per heavy atom. The lowest BCUT2D eigenvalue weighted by atomic mass is 10.2. The average Bonchev–Trinajstić information content (AvgIpc) is 2.78. The monoisotopic (exact) mass is 432 g/mol. The third-order valence-corrected chi connectivity index (χ3v) is 4.83. The van der Waals surface area contributed by atoms with E-state index >= 15 is 0 Å². The van der Waals surface area contributed by atoms with Gasteiger partial charge in [-0.15, -0.1) is 0 Å². The minimum Gasteiger partial charge on any atom is -0.481 e. The Hall–Kier alpha value is -3.80. The highest BCUT2D eigenvalue weighted by Crippen LogP contribution is 2.18. The van der Waals surface area contributed by atoms with E-state index in [0.29, 0.717) is 22.9 Å². The van der Waals surface area contributed by atoms with Crippen LogP contribution in [0.4, 0.5) is 11.4 Å². The Bertz CT molecular complexity index is 958. The summed E-state index contributed by atoms with van der Waals surface area (Å²) < 4.78 is 11.4. The number of ether oxygens (including phenoxy) is 2. The zero-order chi connectivity index (χ0) is 23.1.